The molecule has 98 valence electrons. The zero-order chi connectivity index (χ0) is 13.9. The summed E-state index contributed by atoms with van der Waals surface area (Å²) in [5.41, 5.74) is 2.34. The average Bonchev–Trinajstić information content (AvgIpc) is 2.88. The summed E-state index contributed by atoms with van der Waals surface area (Å²) in [6.45, 7) is 0. The van der Waals surface area contributed by atoms with Crippen LogP contribution in [0.3, 0.4) is 0 Å². The monoisotopic (exact) mass is 265 g/mol. The lowest BCUT2D eigenvalue weighted by atomic mass is 10.2. The van der Waals surface area contributed by atoms with Crippen LogP contribution in [0.15, 0.2) is 52.9 Å². The van der Waals surface area contributed by atoms with Crippen LogP contribution in [-0.2, 0) is 0 Å². The first-order valence-electron chi connectivity index (χ1n) is 6.09. The zero-order valence-corrected chi connectivity index (χ0v) is 10.5. The van der Waals surface area contributed by atoms with E-state index in [2.05, 4.69) is 4.98 Å². The molecule has 0 radical (unpaired) electrons. The van der Waals surface area contributed by atoms with Gasteiger partial charge in [-0.1, -0.05) is 30.3 Å². The number of aromatic carboxylic acids is 1. The maximum absolute atomic E-state index is 10.9. The number of hydrogen-bond acceptors (Lipinski definition) is 3. The zero-order valence-electron chi connectivity index (χ0n) is 10.5. The lowest BCUT2D eigenvalue weighted by Gasteiger charge is -1.91. The van der Waals surface area contributed by atoms with Crippen molar-refractivity contribution >= 4 is 29.2 Å². The lowest BCUT2D eigenvalue weighted by Crippen LogP contribution is -1.94. The van der Waals surface area contributed by atoms with Gasteiger partial charge < -0.3 is 9.52 Å². The summed E-state index contributed by atoms with van der Waals surface area (Å²) >= 11 is 0. The summed E-state index contributed by atoms with van der Waals surface area (Å²) in [6, 6.07) is 14.4. The second kappa shape index (κ2) is 5.01. The number of carboxylic acid groups (broad SMARTS) is 1. The summed E-state index contributed by atoms with van der Waals surface area (Å²) in [5.74, 6) is -0.531. The number of aromatic nitrogens is 1. The van der Waals surface area contributed by atoms with E-state index in [1.54, 1.807) is 12.1 Å². The highest BCUT2D eigenvalue weighted by Crippen LogP contribution is 2.19. The molecule has 0 atom stereocenters. The van der Waals surface area contributed by atoms with E-state index in [9.17, 15) is 4.79 Å². The molecule has 3 rings (SSSR count). The Hall–Kier alpha value is -2.88. The van der Waals surface area contributed by atoms with Crippen LogP contribution < -0.4 is 0 Å². The van der Waals surface area contributed by atoms with Crippen molar-refractivity contribution < 1.29 is 14.3 Å². The van der Waals surface area contributed by atoms with Gasteiger partial charge in [0.05, 0.1) is 5.56 Å². The molecule has 1 aromatic heterocycles. The van der Waals surface area contributed by atoms with Gasteiger partial charge in [-0.3, -0.25) is 0 Å². The Kier molecular flexibility index (Phi) is 3.05. The van der Waals surface area contributed by atoms with E-state index >= 15 is 0 Å². The van der Waals surface area contributed by atoms with Gasteiger partial charge in [0.1, 0.15) is 5.52 Å². The van der Waals surface area contributed by atoms with Gasteiger partial charge in [-0.15, -0.1) is 0 Å². The molecule has 1 N–H and O–H groups in total. The van der Waals surface area contributed by atoms with Gasteiger partial charge in [0, 0.05) is 6.08 Å². The molecular weight excluding hydrogens is 254 g/mol. The molecule has 3 aromatic rings. The summed E-state index contributed by atoms with van der Waals surface area (Å²) in [6.07, 6.45) is 3.65. The van der Waals surface area contributed by atoms with Crippen LogP contribution in [-0.4, -0.2) is 16.1 Å². The third-order valence-electron chi connectivity index (χ3n) is 2.87. The number of carbonyl (C=O) groups is 1. The van der Waals surface area contributed by atoms with Crippen LogP contribution in [0, 0.1) is 0 Å². The molecular formula is C16H11NO3. The van der Waals surface area contributed by atoms with Crippen molar-refractivity contribution in [1.82, 2.24) is 4.98 Å². The molecule has 0 saturated heterocycles. The number of oxazole rings is 1. The van der Waals surface area contributed by atoms with Crippen LogP contribution >= 0.6 is 0 Å². The Morgan fingerprint density at radius 2 is 1.90 bits per heavy atom. The van der Waals surface area contributed by atoms with Gasteiger partial charge in [0.15, 0.2) is 5.58 Å². The molecule has 0 amide bonds. The maximum atomic E-state index is 10.9. The summed E-state index contributed by atoms with van der Waals surface area (Å²) in [5, 5.41) is 8.93. The summed E-state index contributed by atoms with van der Waals surface area (Å²) in [4.78, 5) is 15.2. The molecule has 2 aromatic carbocycles. The fourth-order valence-corrected chi connectivity index (χ4v) is 1.88. The second-order valence-corrected chi connectivity index (χ2v) is 4.28. The standard InChI is InChI=1S/C16H11NO3/c18-16(19)12-7-8-13-14(10-12)20-15(17-13)9-6-11-4-2-1-3-5-11/h1-10H,(H,18,19)/b9-6+. The number of carboxylic acids is 1. The molecule has 0 aliphatic carbocycles. The van der Waals surface area contributed by atoms with Crippen molar-refractivity contribution in [2.45, 2.75) is 0 Å². The fourth-order valence-electron chi connectivity index (χ4n) is 1.88. The Morgan fingerprint density at radius 1 is 1.10 bits per heavy atom. The molecule has 0 aliphatic heterocycles. The second-order valence-electron chi connectivity index (χ2n) is 4.28. The van der Waals surface area contributed by atoms with E-state index < -0.39 is 5.97 Å². The first-order chi connectivity index (χ1) is 9.72. The predicted octanol–water partition coefficient (Wildman–Crippen LogP) is 3.70. The first-order valence-corrected chi connectivity index (χ1v) is 6.09. The van der Waals surface area contributed by atoms with E-state index in [-0.39, 0.29) is 5.56 Å². The van der Waals surface area contributed by atoms with Gasteiger partial charge in [-0.05, 0) is 29.8 Å². The largest absolute Gasteiger partial charge is 0.478 e. The third kappa shape index (κ3) is 2.44. The molecule has 0 saturated carbocycles. The molecule has 0 aliphatic rings. The van der Waals surface area contributed by atoms with E-state index in [0.29, 0.717) is 17.0 Å². The van der Waals surface area contributed by atoms with Crippen LogP contribution in [0.1, 0.15) is 21.8 Å². The van der Waals surface area contributed by atoms with Gasteiger partial charge in [0.2, 0.25) is 5.89 Å². The van der Waals surface area contributed by atoms with Crippen molar-refractivity contribution in [2.75, 3.05) is 0 Å². The summed E-state index contributed by atoms with van der Waals surface area (Å²) < 4.78 is 5.52. The minimum Gasteiger partial charge on any atom is -0.478 e. The van der Waals surface area contributed by atoms with E-state index in [1.807, 2.05) is 36.4 Å². The molecule has 1 heterocycles. The number of fused-ring (bicyclic) bond motifs is 1. The topological polar surface area (TPSA) is 63.3 Å². The smallest absolute Gasteiger partial charge is 0.335 e. The van der Waals surface area contributed by atoms with E-state index in [4.69, 9.17) is 9.52 Å². The van der Waals surface area contributed by atoms with Gasteiger partial charge in [0.25, 0.3) is 0 Å². The molecule has 0 spiro atoms. The van der Waals surface area contributed by atoms with Crippen molar-refractivity contribution in [1.29, 1.82) is 0 Å². The molecule has 0 unspecified atom stereocenters. The number of benzene rings is 2. The predicted molar refractivity (Wildman–Crippen MR) is 76.3 cm³/mol. The van der Waals surface area contributed by atoms with E-state index in [0.717, 1.165) is 5.56 Å². The van der Waals surface area contributed by atoms with Crippen molar-refractivity contribution in [3.05, 3.63) is 65.5 Å². The summed E-state index contributed by atoms with van der Waals surface area (Å²) in [7, 11) is 0. The minimum absolute atomic E-state index is 0.187. The van der Waals surface area contributed by atoms with Crippen molar-refractivity contribution in [2.24, 2.45) is 0 Å². The van der Waals surface area contributed by atoms with Gasteiger partial charge >= 0.3 is 5.97 Å². The normalized spacial score (nSPS) is 11.2. The van der Waals surface area contributed by atoms with E-state index in [1.165, 1.54) is 12.1 Å². The fraction of sp³-hybridized carbons (Fsp3) is 0. The van der Waals surface area contributed by atoms with Crippen LogP contribution in [0.2, 0.25) is 0 Å². The van der Waals surface area contributed by atoms with Crippen molar-refractivity contribution in [3.63, 3.8) is 0 Å². The highest BCUT2D eigenvalue weighted by atomic mass is 16.4. The molecule has 0 bridgehead atoms. The number of rotatable bonds is 3. The first kappa shape index (κ1) is 12.2. The molecule has 4 heteroatoms. The highest BCUT2D eigenvalue weighted by Gasteiger charge is 2.08. The quantitative estimate of drug-likeness (QED) is 0.784. The Balaban J connectivity index is 1.93. The minimum atomic E-state index is -0.982. The molecule has 0 fully saturated rings. The number of nitrogens with zero attached hydrogens (tertiary/aromatic N) is 1. The third-order valence-corrected chi connectivity index (χ3v) is 2.87. The average molecular weight is 265 g/mol. The number of hydrogen-bond donors (Lipinski definition) is 1. The van der Waals surface area contributed by atoms with Gasteiger partial charge in [-0.2, -0.15) is 0 Å². The highest BCUT2D eigenvalue weighted by molar-refractivity contribution is 5.92. The van der Waals surface area contributed by atoms with Crippen LogP contribution in [0.4, 0.5) is 0 Å². The Morgan fingerprint density at radius 3 is 2.65 bits per heavy atom. The SMILES string of the molecule is O=C(O)c1ccc2nc(/C=C/c3ccccc3)oc2c1. The molecule has 4 nitrogen and oxygen atoms in total. The lowest BCUT2D eigenvalue weighted by molar-refractivity contribution is 0.0697. The Bertz CT molecular complexity index is 788. The van der Waals surface area contributed by atoms with Crippen LogP contribution in [0.5, 0.6) is 0 Å². The Labute approximate surface area is 115 Å². The van der Waals surface area contributed by atoms with Crippen molar-refractivity contribution in [3.8, 4) is 0 Å². The maximum Gasteiger partial charge on any atom is 0.335 e. The van der Waals surface area contributed by atoms with Crippen LogP contribution in [0.25, 0.3) is 23.3 Å². The molecule has 20 heavy (non-hydrogen) atoms. The van der Waals surface area contributed by atoms with Gasteiger partial charge in [-0.25, -0.2) is 9.78 Å².